The molecule has 0 bridgehead atoms. The van der Waals surface area contributed by atoms with Crippen LogP contribution in [-0.4, -0.2) is 48.0 Å². The molecule has 0 aromatic heterocycles. The molecule has 3 aliphatic carbocycles. The fourth-order valence-electron chi connectivity index (χ4n) is 10.9. The average Bonchev–Trinajstić information content (AvgIpc) is 3.72. The predicted octanol–water partition coefficient (Wildman–Crippen LogP) is 13.7. The molecule has 0 N–H and O–H groups in total. The number of hydrogen-bond donors (Lipinski definition) is 0. The Kier molecular flexibility index (Phi) is 18.6. The van der Waals surface area contributed by atoms with E-state index in [1.165, 1.54) is 35.4 Å². The molecule has 3 aliphatic rings. The van der Waals surface area contributed by atoms with Gasteiger partial charge in [-0.1, -0.05) is 94.3 Å². The smallest absolute Gasteiger partial charge is 0.346 e. The summed E-state index contributed by atoms with van der Waals surface area (Å²) < 4.78 is 64.5. The number of halogens is 2. The van der Waals surface area contributed by atoms with Crippen molar-refractivity contribution in [3.63, 3.8) is 0 Å². The highest BCUT2D eigenvalue weighted by atomic mass is 19.1. The normalized spacial score (nSPS) is 18.2. The molecule has 0 radical (unpaired) electrons. The Bertz CT molecular complexity index is 3010. The van der Waals surface area contributed by atoms with Gasteiger partial charge in [0.1, 0.15) is 46.8 Å². The molecule has 80 heavy (non-hydrogen) atoms. The summed E-state index contributed by atoms with van der Waals surface area (Å²) in [4.78, 5) is 77.9. The van der Waals surface area contributed by atoms with E-state index in [0.717, 1.165) is 71.2 Å². The van der Waals surface area contributed by atoms with E-state index < -0.39 is 47.3 Å². The Hall–Kier alpha value is -8.00. The van der Waals surface area contributed by atoms with Crippen LogP contribution in [0.1, 0.15) is 158 Å². The number of carbonyl (C=O) groups excluding carboxylic acids is 6. The monoisotopic (exact) mass is 1090 g/mol. The Balaban J connectivity index is 0.704. The number of aryl methyl sites for hydroxylation is 4. The quantitative estimate of drug-likeness (QED) is 0.0527. The molecule has 6 aromatic carbocycles. The van der Waals surface area contributed by atoms with Gasteiger partial charge in [-0.2, -0.15) is 0 Å². The highest BCUT2D eigenvalue weighted by molar-refractivity contribution is 5.93. The Labute approximate surface area is 465 Å². The van der Waals surface area contributed by atoms with Crippen molar-refractivity contribution in [2.24, 2.45) is 11.8 Å². The van der Waals surface area contributed by atoms with Crippen LogP contribution in [0.4, 0.5) is 8.78 Å². The summed E-state index contributed by atoms with van der Waals surface area (Å²) in [5.74, 6) is -6.32. The second-order valence-corrected chi connectivity index (χ2v) is 21.2. The van der Waals surface area contributed by atoms with E-state index in [1.54, 1.807) is 36.4 Å². The number of esters is 6. The van der Waals surface area contributed by atoms with E-state index in [-0.39, 0.29) is 77.0 Å². The summed E-state index contributed by atoms with van der Waals surface area (Å²) >= 11 is 0. The Morgan fingerprint density at radius 3 is 1.11 bits per heavy atom. The largest absolute Gasteiger partial charge is 0.462 e. The maximum Gasteiger partial charge on any atom is 0.346 e. The zero-order valence-corrected chi connectivity index (χ0v) is 45.4. The van der Waals surface area contributed by atoms with E-state index in [0.29, 0.717) is 64.2 Å². The first-order chi connectivity index (χ1) is 38.7. The molecule has 2 fully saturated rings. The van der Waals surface area contributed by atoms with Gasteiger partial charge < -0.3 is 28.4 Å². The van der Waals surface area contributed by atoms with E-state index in [9.17, 15) is 28.8 Å². The zero-order chi connectivity index (χ0) is 56.3. The van der Waals surface area contributed by atoms with Crippen LogP contribution in [-0.2, 0) is 54.3 Å². The maximum absolute atomic E-state index is 15.4. The third kappa shape index (κ3) is 14.4. The van der Waals surface area contributed by atoms with Gasteiger partial charge in [0.2, 0.25) is 0 Å². The molecule has 416 valence electrons. The summed E-state index contributed by atoms with van der Waals surface area (Å²) in [6.45, 7) is 6.20. The number of hydrogen-bond acceptors (Lipinski definition) is 12. The van der Waals surface area contributed by atoms with Gasteiger partial charge in [-0.3, -0.25) is 19.2 Å². The highest BCUT2D eigenvalue weighted by Gasteiger charge is 2.33. The van der Waals surface area contributed by atoms with Crippen molar-refractivity contribution in [2.75, 3.05) is 0 Å². The van der Waals surface area contributed by atoms with Gasteiger partial charge in [-0.25, -0.2) is 18.4 Å². The van der Waals surface area contributed by atoms with E-state index >= 15 is 8.78 Å². The van der Waals surface area contributed by atoms with E-state index in [1.807, 2.05) is 31.2 Å². The molecule has 2 saturated carbocycles. The molecular formula is C66H66F2O12. The van der Waals surface area contributed by atoms with Gasteiger partial charge in [-0.05, 0) is 170 Å². The van der Waals surface area contributed by atoms with Crippen molar-refractivity contribution in [3.05, 3.63) is 177 Å². The maximum atomic E-state index is 15.4. The average molecular weight is 1090 g/mol. The molecular weight excluding hydrogens is 1020 g/mol. The second-order valence-electron chi connectivity index (χ2n) is 21.2. The van der Waals surface area contributed by atoms with Gasteiger partial charge >= 0.3 is 35.8 Å². The van der Waals surface area contributed by atoms with Crippen LogP contribution in [0.2, 0.25) is 0 Å². The summed E-state index contributed by atoms with van der Waals surface area (Å²) in [6, 6.07) is 33.7. The van der Waals surface area contributed by atoms with Crippen molar-refractivity contribution in [1.82, 2.24) is 0 Å². The SMILES string of the molecule is CCCc1ccc(CCC(=O)OC2CCC(C(=O)Oc3ccc(C(=O)Oc4ccc5c(c4)C(C)c4cc(OC(=O)c6ccc(OC(=O)C7CCC(OC(=O)CCc8ccc(CCC)cc8)CC7)cc6F)ccc4-5)c(F)c3)CC2)cc1. The Morgan fingerprint density at radius 1 is 0.425 bits per heavy atom. The summed E-state index contributed by atoms with van der Waals surface area (Å²) in [6.07, 6.45) is 9.16. The lowest BCUT2D eigenvalue weighted by Crippen LogP contribution is -2.30. The zero-order valence-electron chi connectivity index (χ0n) is 45.4. The van der Waals surface area contributed by atoms with Crippen molar-refractivity contribution in [3.8, 4) is 34.1 Å². The minimum atomic E-state index is -0.955. The number of rotatable bonds is 20. The Morgan fingerprint density at radius 2 is 0.762 bits per heavy atom. The van der Waals surface area contributed by atoms with Crippen molar-refractivity contribution < 1.29 is 66.0 Å². The topological polar surface area (TPSA) is 158 Å². The summed E-state index contributed by atoms with van der Waals surface area (Å²) in [5, 5.41) is 0. The number of fused-ring (bicyclic) bond motifs is 3. The third-order valence-corrected chi connectivity index (χ3v) is 15.4. The molecule has 12 nitrogen and oxygen atoms in total. The minimum Gasteiger partial charge on any atom is -0.462 e. The second kappa shape index (κ2) is 26.3. The molecule has 0 aliphatic heterocycles. The molecule has 0 spiro atoms. The van der Waals surface area contributed by atoms with Crippen LogP contribution >= 0.6 is 0 Å². The summed E-state index contributed by atoms with van der Waals surface area (Å²) in [5.41, 5.74) is 7.27. The first-order valence-electron chi connectivity index (χ1n) is 28.0. The number of ether oxygens (including phenoxy) is 6. The molecule has 14 heteroatoms. The van der Waals surface area contributed by atoms with Gasteiger partial charge in [0.15, 0.2) is 0 Å². The van der Waals surface area contributed by atoms with Crippen molar-refractivity contribution in [2.45, 2.75) is 142 Å². The van der Waals surface area contributed by atoms with Crippen LogP contribution in [0.5, 0.6) is 23.0 Å². The van der Waals surface area contributed by atoms with E-state index in [4.69, 9.17) is 28.4 Å². The first kappa shape index (κ1) is 56.7. The van der Waals surface area contributed by atoms with Crippen LogP contribution < -0.4 is 18.9 Å². The number of carbonyl (C=O) groups is 6. The molecule has 0 unspecified atom stereocenters. The molecule has 6 aromatic rings. The molecule has 0 saturated heterocycles. The van der Waals surface area contributed by atoms with Crippen LogP contribution in [0.15, 0.2) is 121 Å². The standard InChI is InChI=1S/C66H66F2O12/c1-4-6-41-8-12-43(13-9-41)16-34-61(69)75-47-22-18-45(19-23-47)63(71)77-51-28-32-55(59(67)38-51)65(73)79-49-26-30-53-54-31-27-50(37-58(54)40(3)57(53)36-49)80-66(74)56-33-29-52(39-60(56)68)78-64(72)46-20-24-48(25-21-46)76-62(70)35-17-44-14-10-42(7-5-2)11-15-44/h8-15,26-33,36-40,45-48H,4-7,16-25,34-35H2,1-3H3. The minimum absolute atomic E-state index is 0.0566. The van der Waals surface area contributed by atoms with Gasteiger partial charge in [-0.15, -0.1) is 0 Å². The lowest BCUT2D eigenvalue weighted by Gasteiger charge is -2.27. The molecule has 0 atom stereocenters. The molecule has 0 amide bonds. The molecule has 0 heterocycles. The van der Waals surface area contributed by atoms with Crippen molar-refractivity contribution >= 4 is 35.8 Å². The van der Waals surface area contributed by atoms with Crippen LogP contribution in [0.3, 0.4) is 0 Å². The van der Waals surface area contributed by atoms with Gasteiger partial charge in [0.05, 0.1) is 23.0 Å². The third-order valence-electron chi connectivity index (χ3n) is 15.4. The van der Waals surface area contributed by atoms with E-state index in [2.05, 4.69) is 38.1 Å². The van der Waals surface area contributed by atoms with Crippen LogP contribution in [0.25, 0.3) is 11.1 Å². The van der Waals surface area contributed by atoms with Gasteiger partial charge in [0.25, 0.3) is 0 Å². The lowest BCUT2D eigenvalue weighted by molar-refractivity contribution is -0.153. The van der Waals surface area contributed by atoms with Gasteiger partial charge in [0, 0.05) is 30.9 Å². The lowest BCUT2D eigenvalue weighted by atomic mass is 9.87. The van der Waals surface area contributed by atoms with Crippen LogP contribution in [0, 0.1) is 23.5 Å². The number of benzene rings is 6. The predicted molar refractivity (Wildman–Crippen MR) is 295 cm³/mol. The fourth-order valence-corrected chi connectivity index (χ4v) is 10.9. The molecule has 9 rings (SSSR count). The first-order valence-corrected chi connectivity index (χ1v) is 28.0. The highest BCUT2D eigenvalue weighted by Crippen LogP contribution is 2.47. The fraction of sp³-hybridized carbons (Fsp3) is 0.364. The van der Waals surface area contributed by atoms with Crippen molar-refractivity contribution in [1.29, 1.82) is 0 Å². The summed E-state index contributed by atoms with van der Waals surface area (Å²) in [7, 11) is 0.